The highest BCUT2D eigenvalue weighted by molar-refractivity contribution is 6.50. The fourth-order valence-electron chi connectivity index (χ4n) is 5.96. The third kappa shape index (κ3) is 3.89. The molecule has 0 radical (unpaired) electrons. The van der Waals surface area contributed by atoms with Crippen LogP contribution in [0.25, 0.3) is 5.76 Å². The average molecular weight is 518 g/mol. The van der Waals surface area contributed by atoms with Gasteiger partial charge >= 0.3 is 0 Å². The van der Waals surface area contributed by atoms with E-state index in [-0.39, 0.29) is 29.9 Å². The third-order valence-electron chi connectivity index (χ3n) is 7.70. The van der Waals surface area contributed by atoms with Crippen LogP contribution >= 0.6 is 0 Å². The first kappa shape index (κ1) is 26.0. The first-order valence-corrected chi connectivity index (χ1v) is 13.4. The maximum atomic E-state index is 14.5. The van der Waals surface area contributed by atoms with Gasteiger partial charge in [0.25, 0.3) is 17.6 Å². The lowest BCUT2D eigenvalue weighted by atomic mass is 9.81. The number of ether oxygens (including phenoxy) is 1. The van der Waals surface area contributed by atoms with Gasteiger partial charge in [-0.15, -0.1) is 0 Å². The molecule has 200 valence electrons. The van der Waals surface area contributed by atoms with Crippen LogP contribution in [-0.2, 0) is 26.3 Å². The van der Waals surface area contributed by atoms with Gasteiger partial charge in [0.05, 0.1) is 11.3 Å². The first-order valence-electron chi connectivity index (χ1n) is 13.4. The van der Waals surface area contributed by atoms with Gasteiger partial charge in [0, 0.05) is 30.6 Å². The van der Waals surface area contributed by atoms with Gasteiger partial charge in [0.15, 0.2) is 5.54 Å². The summed E-state index contributed by atoms with van der Waals surface area (Å²) in [6.07, 6.45) is 2.91. The minimum absolute atomic E-state index is 0.0127. The highest BCUT2D eigenvalue weighted by atomic mass is 16.5. The summed E-state index contributed by atoms with van der Waals surface area (Å²) >= 11 is 0. The summed E-state index contributed by atoms with van der Waals surface area (Å²) in [7, 11) is 3.87. The minimum Gasteiger partial charge on any atom is -0.507 e. The summed E-state index contributed by atoms with van der Waals surface area (Å²) in [5, 5.41) is 11.7. The molecule has 0 unspecified atom stereocenters. The zero-order valence-corrected chi connectivity index (χ0v) is 22.5. The number of rotatable bonds is 8. The Kier molecular flexibility index (Phi) is 6.77. The summed E-state index contributed by atoms with van der Waals surface area (Å²) in [5.74, 6) is -1.56. The number of likely N-dealkylation sites (tertiary alicyclic amines) is 1. The predicted octanol–water partition coefficient (Wildman–Crippen LogP) is 3.68. The van der Waals surface area contributed by atoms with Crippen LogP contribution in [-0.4, -0.2) is 72.3 Å². The van der Waals surface area contributed by atoms with Crippen molar-refractivity contribution in [2.45, 2.75) is 51.2 Å². The molecule has 0 bridgehead atoms. The molecule has 5 rings (SSSR count). The zero-order chi connectivity index (χ0) is 27.2. The number of para-hydroxylation sites is 1. The van der Waals surface area contributed by atoms with Gasteiger partial charge in [0.2, 0.25) is 0 Å². The van der Waals surface area contributed by atoms with Crippen molar-refractivity contribution >= 4 is 29.0 Å². The van der Waals surface area contributed by atoms with Crippen LogP contribution < -0.4 is 9.64 Å². The number of carbonyl (C=O) groups excluding carboxylic acids is 3. The molecule has 3 heterocycles. The lowest BCUT2D eigenvalue weighted by molar-refractivity contribution is -0.143. The van der Waals surface area contributed by atoms with Gasteiger partial charge in [-0.2, -0.15) is 0 Å². The number of benzene rings is 2. The van der Waals surface area contributed by atoms with Gasteiger partial charge < -0.3 is 24.5 Å². The fourth-order valence-corrected chi connectivity index (χ4v) is 5.96. The molecule has 3 aliphatic rings. The molecule has 8 heteroatoms. The number of hydrogen-bond donors (Lipinski definition) is 1. The Morgan fingerprint density at radius 2 is 1.87 bits per heavy atom. The van der Waals surface area contributed by atoms with E-state index in [9.17, 15) is 19.5 Å². The Bertz CT molecular complexity index is 1330. The van der Waals surface area contributed by atoms with Crippen molar-refractivity contribution in [1.82, 2.24) is 9.80 Å². The second-order valence-corrected chi connectivity index (χ2v) is 10.7. The first-order chi connectivity index (χ1) is 18.2. The van der Waals surface area contributed by atoms with E-state index >= 15 is 0 Å². The number of ketones is 1. The van der Waals surface area contributed by atoms with E-state index in [4.69, 9.17) is 4.74 Å². The van der Waals surface area contributed by atoms with E-state index < -0.39 is 17.2 Å². The van der Waals surface area contributed by atoms with Crippen LogP contribution in [0.15, 0.2) is 48.0 Å². The maximum absolute atomic E-state index is 14.5. The van der Waals surface area contributed by atoms with Gasteiger partial charge in [-0.25, -0.2) is 0 Å². The van der Waals surface area contributed by atoms with Gasteiger partial charge in [-0.3, -0.25) is 14.4 Å². The lowest BCUT2D eigenvalue weighted by Crippen LogP contribution is -2.52. The summed E-state index contributed by atoms with van der Waals surface area (Å²) in [6.45, 7) is 5.36. The van der Waals surface area contributed by atoms with Crippen LogP contribution in [0.5, 0.6) is 5.75 Å². The van der Waals surface area contributed by atoms with Crippen molar-refractivity contribution < 1.29 is 24.2 Å². The molecule has 0 saturated carbocycles. The quantitative estimate of drug-likeness (QED) is 0.326. The summed E-state index contributed by atoms with van der Waals surface area (Å²) in [5.41, 5.74) is 0.675. The zero-order valence-electron chi connectivity index (χ0n) is 22.5. The standard InChI is InChI=1S/C30H35N3O5/c1-5-6-15-32-23-11-8-7-10-22(23)30(29(32)37)25(27(35)28(36)33(30)16-9-14-31(3)4)26(34)20-12-13-24-21(18-20)17-19(2)38-24/h7-8,10-13,18-19,34H,5-6,9,14-17H2,1-4H3/t19-,30-/m0/s1. The van der Waals surface area contributed by atoms with Crippen molar-refractivity contribution in [2.75, 3.05) is 38.6 Å². The molecule has 3 aliphatic heterocycles. The van der Waals surface area contributed by atoms with Crippen LogP contribution in [0, 0.1) is 0 Å². The highest BCUT2D eigenvalue weighted by Gasteiger charge is 2.66. The van der Waals surface area contributed by atoms with Crippen molar-refractivity contribution in [3.05, 3.63) is 64.7 Å². The van der Waals surface area contributed by atoms with E-state index in [0.717, 1.165) is 24.2 Å². The lowest BCUT2D eigenvalue weighted by Gasteiger charge is -2.35. The van der Waals surface area contributed by atoms with E-state index in [1.807, 2.05) is 51.0 Å². The molecule has 38 heavy (non-hydrogen) atoms. The molecular weight excluding hydrogens is 482 g/mol. The van der Waals surface area contributed by atoms with E-state index in [0.29, 0.717) is 42.7 Å². The largest absolute Gasteiger partial charge is 0.507 e. The molecule has 2 aromatic carbocycles. The molecule has 1 saturated heterocycles. The highest BCUT2D eigenvalue weighted by Crippen LogP contribution is 2.53. The molecule has 2 aromatic rings. The van der Waals surface area contributed by atoms with Gasteiger partial charge in [-0.05, 0) is 70.2 Å². The summed E-state index contributed by atoms with van der Waals surface area (Å²) < 4.78 is 5.80. The number of anilines is 1. The Labute approximate surface area is 223 Å². The molecule has 2 amide bonds. The molecule has 1 N–H and O–H groups in total. The predicted molar refractivity (Wildman–Crippen MR) is 145 cm³/mol. The van der Waals surface area contributed by atoms with E-state index in [1.54, 1.807) is 29.2 Å². The molecule has 0 aromatic heterocycles. The van der Waals surface area contributed by atoms with Crippen LogP contribution in [0.4, 0.5) is 5.69 Å². The van der Waals surface area contributed by atoms with E-state index in [2.05, 4.69) is 0 Å². The number of unbranched alkanes of at least 4 members (excludes halogenated alkanes) is 1. The number of carbonyl (C=O) groups is 3. The number of nitrogens with zero attached hydrogens (tertiary/aromatic N) is 3. The van der Waals surface area contributed by atoms with Crippen LogP contribution in [0.2, 0.25) is 0 Å². The molecular formula is C30H35N3O5. The Balaban J connectivity index is 1.72. The molecule has 0 aliphatic carbocycles. The number of aliphatic hydroxyl groups excluding tert-OH is 1. The van der Waals surface area contributed by atoms with Crippen molar-refractivity contribution in [2.24, 2.45) is 0 Å². The molecule has 8 nitrogen and oxygen atoms in total. The molecule has 1 fully saturated rings. The normalized spacial score (nSPS) is 23.5. The number of amides is 2. The number of aliphatic hydroxyl groups is 1. The van der Waals surface area contributed by atoms with Crippen molar-refractivity contribution in [3.8, 4) is 5.75 Å². The number of Topliss-reactive ketones (excluding diaryl/α,β-unsaturated/α-hetero) is 1. The Hall–Kier alpha value is -3.65. The van der Waals surface area contributed by atoms with Crippen molar-refractivity contribution in [1.29, 1.82) is 0 Å². The number of fused-ring (bicyclic) bond motifs is 3. The SMILES string of the molecule is CCCCN1C(=O)[C@@]2(C(=C(O)c3ccc4c(c3)C[C@H](C)O4)C(=O)C(=O)N2CCCN(C)C)c2ccccc21. The Morgan fingerprint density at radius 1 is 1.11 bits per heavy atom. The smallest absolute Gasteiger partial charge is 0.296 e. The van der Waals surface area contributed by atoms with Crippen molar-refractivity contribution in [3.63, 3.8) is 0 Å². The molecule has 2 atom stereocenters. The topological polar surface area (TPSA) is 90.4 Å². The summed E-state index contributed by atoms with van der Waals surface area (Å²) in [6, 6.07) is 12.6. The number of hydrogen-bond acceptors (Lipinski definition) is 6. The van der Waals surface area contributed by atoms with Crippen LogP contribution in [0.3, 0.4) is 0 Å². The third-order valence-corrected chi connectivity index (χ3v) is 7.70. The summed E-state index contributed by atoms with van der Waals surface area (Å²) in [4.78, 5) is 46.9. The Morgan fingerprint density at radius 3 is 2.61 bits per heavy atom. The van der Waals surface area contributed by atoms with E-state index in [1.165, 1.54) is 4.90 Å². The monoisotopic (exact) mass is 517 g/mol. The minimum atomic E-state index is -1.71. The average Bonchev–Trinajstić information content (AvgIpc) is 3.46. The maximum Gasteiger partial charge on any atom is 0.296 e. The fraction of sp³-hybridized carbons (Fsp3) is 0.433. The van der Waals surface area contributed by atoms with Gasteiger partial charge in [0.1, 0.15) is 17.6 Å². The second kappa shape index (κ2) is 9.91. The van der Waals surface area contributed by atoms with Crippen LogP contribution in [0.1, 0.15) is 49.8 Å². The second-order valence-electron chi connectivity index (χ2n) is 10.7. The molecule has 1 spiro atoms. The van der Waals surface area contributed by atoms with Gasteiger partial charge in [-0.1, -0.05) is 31.5 Å².